The molecule has 0 aliphatic heterocycles. The fourth-order valence-electron chi connectivity index (χ4n) is 3.42. The van der Waals surface area contributed by atoms with E-state index in [1.807, 2.05) is 6.07 Å². The smallest absolute Gasteiger partial charge is 0.119 e. The van der Waals surface area contributed by atoms with Crippen LogP contribution in [0.25, 0.3) is 11.1 Å². The van der Waals surface area contributed by atoms with Gasteiger partial charge in [-0.3, -0.25) is 0 Å². The molecule has 0 radical (unpaired) electrons. The molecule has 0 amide bonds. The van der Waals surface area contributed by atoms with Crippen LogP contribution in [0.3, 0.4) is 0 Å². The van der Waals surface area contributed by atoms with E-state index in [1.54, 1.807) is 7.11 Å². The zero-order chi connectivity index (χ0) is 21.3. The van der Waals surface area contributed by atoms with Gasteiger partial charge in [0, 0.05) is 0 Å². The fraction of sp³-hybridized carbons (Fsp3) is 0.407. The van der Waals surface area contributed by atoms with E-state index in [0.717, 1.165) is 11.3 Å². The summed E-state index contributed by atoms with van der Waals surface area (Å²) >= 11 is 0. The van der Waals surface area contributed by atoms with Crippen LogP contribution in [-0.4, -0.2) is 7.11 Å². The second-order valence-electron chi connectivity index (χ2n) is 9.85. The predicted octanol–water partition coefficient (Wildman–Crippen LogP) is 7.75. The van der Waals surface area contributed by atoms with Gasteiger partial charge in [0.15, 0.2) is 0 Å². The second kappa shape index (κ2) is 7.99. The monoisotopic (exact) mass is 376 g/mol. The molecule has 0 atom stereocenters. The normalized spacial score (nSPS) is 12.8. The number of benzene rings is 2. The maximum atomic E-state index is 5.39. The van der Waals surface area contributed by atoms with E-state index in [4.69, 9.17) is 4.74 Å². The van der Waals surface area contributed by atoms with Crippen LogP contribution in [-0.2, 0) is 5.41 Å². The van der Waals surface area contributed by atoms with Gasteiger partial charge < -0.3 is 4.74 Å². The lowest BCUT2D eigenvalue weighted by molar-refractivity contribution is 0.414. The first-order valence-corrected chi connectivity index (χ1v) is 10.0. The first-order valence-electron chi connectivity index (χ1n) is 10.0. The number of allylic oxidation sites excluding steroid dienone is 3. The van der Waals surface area contributed by atoms with Gasteiger partial charge in [0.05, 0.1) is 7.11 Å². The molecule has 0 aliphatic rings. The molecule has 0 aliphatic carbocycles. The van der Waals surface area contributed by atoms with Crippen molar-refractivity contribution < 1.29 is 4.74 Å². The largest absolute Gasteiger partial charge is 0.497 e. The second-order valence-corrected chi connectivity index (χ2v) is 9.85. The number of methoxy groups -OCH3 is 1. The Morgan fingerprint density at radius 3 is 2.07 bits per heavy atom. The van der Waals surface area contributed by atoms with E-state index in [0.29, 0.717) is 0 Å². The van der Waals surface area contributed by atoms with Crippen LogP contribution in [0.4, 0.5) is 0 Å². The third-order valence-corrected chi connectivity index (χ3v) is 5.16. The van der Waals surface area contributed by atoms with E-state index in [-0.39, 0.29) is 10.8 Å². The molecular formula is C27H36O. The molecule has 0 unspecified atom stereocenters. The molecule has 1 nitrogen and oxygen atoms in total. The number of hydrogen-bond donors (Lipinski definition) is 0. The van der Waals surface area contributed by atoms with Crippen molar-refractivity contribution in [3.63, 3.8) is 0 Å². The summed E-state index contributed by atoms with van der Waals surface area (Å²) in [5.74, 6) is 0.891. The molecule has 150 valence electrons. The average molecular weight is 377 g/mol. The molecule has 0 fully saturated rings. The lowest BCUT2D eigenvalue weighted by Crippen LogP contribution is -2.12. The van der Waals surface area contributed by atoms with Crippen LogP contribution in [0.15, 0.2) is 49.1 Å². The Kier molecular flexibility index (Phi) is 6.28. The van der Waals surface area contributed by atoms with Gasteiger partial charge in [-0.1, -0.05) is 84.0 Å². The van der Waals surface area contributed by atoms with Crippen molar-refractivity contribution in [2.45, 2.75) is 60.8 Å². The van der Waals surface area contributed by atoms with E-state index in [2.05, 4.69) is 98.4 Å². The number of hydrogen-bond acceptors (Lipinski definition) is 1. The molecule has 0 aromatic heterocycles. The van der Waals surface area contributed by atoms with E-state index in [1.165, 1.54) is 33.4 Å². The maximum absolute atomic E-state index is 5.39. The zero-order valence-corrected chi connectivity index (χ0v) is 19.2. The highest BCUT2D eigenvalue weighted by molar-refractivity contribution is 5.85. The van der Waals surface area contributed by atoms with E-state index < -0.39 is 0 Å². The summed E-state index contributed by atoms with van der Waals surface area (Å²) in [7, 11) is 1.71. The molecule has 28 heavy (non-hydrogen) atoms. The molecule has 2 aromatic rings. The molecule has 2 aromatic carbocycles. The Morgan fingerprint density at radius 1 is 0.929 bits per heavy atom. The molecule has 0 bridgehead atoms. The minimum Gasteiger partial charge on any atom is -0.497 e. The van der Waals surface area contributed by atoms with E-state index in [9.17, 15) is 0 Å². The molecule has 0 spiro atoms. The maximum Gasteiger partial charge on any atom is 0.119 e. The van der Waals surface area contributed by atoms with Gasteiger partial charge in [-0.05, 0) is 70.2 Å². The minimum absolute atomic E-state index is 0.00102. The SMILES string of the molecule is C=C(/C=C(\c1ccc(OC)cc1C)C(C)(C)C)c1cc(C)cc(C(C)(C)C)c1. The van der Waals surface area contributed by atoms with Crippen LogP contribution in [0.2, 0.25) is 0 Å². The highest BCUT2D eigenvalue weighted by atomic mass is 16.5. The molecule has 0 saturated carbocycles. The topological polar surface area (TPSA) is 9.23 Å². The van der Waals surface area contributed by atoms with Crippen molar-refractivity contribution in [3.8, 4) is 5.75 Å². The van der Waals surface area contributed by atoms with E-state index >= 15 is 0 Å². The van der Waals surface area contributed by atoms with Crippen molar-refractivity contribution in [1.29, 1.82) is 0 Å². The van der Waals surface area contributed by atoms with Crippen molar-refractivity contribution in [1.82, 2.24) is 0 Å². The third-order valence-electron chi connectivity index (χ3n) is 5.16. The molecule has 0 N–H and O–H groups in total. The van der Waals surface area contributed by atoms with Crippen molar-refractivity contribution in [2.75, 3.05) is 7.11 Å². The summed E-state index contributed by atoms with van der Waals surface area (Å²) in [6, 6.07) is 13.1. The first kappa shape index (κ1) is 22.0. The van der Waals surface area contributed by atoms with Gasteiger partial charge in [0.2, 0.25) is 0 Å². The molecule has 2 rings (SSSR count). The van der Waals surface area contributed by atoms with Crippen molar-refractivity contribution >= 4 is 11.1 Å². The van der Waals surface area contributed by atoms with Crippen LogP contribution >= 0.6 is 0 Å². The summed E-state index contributed by atoms with van der Waals surface area (Å²) in [6.07, 6.45) is 2.26. The average Bonchev–Trinajstić information content (AvgIpc) is 2.57. The van der Waals surface area contributed by atoms with Gasteiger partial charge in [-0.25, -0.2) is 0 Å². The summed E-state index contributed by atoms with van der Waals surface area (Å²) in [5, 5.41) is 0. The molecular weight excluding hydrogens is 340 g/mol. The van der Waals surface area contributed by atoms with Gasteiger partial charge in [-0.2, -0.15) is 0 Å². The van der Waals surface area contributed by atoms with Crippen molar-refractivity contribution in [3.05, 3.63) is 76.9 Å². The fourth-order valence-corrected chi connectivity index (χ4v) is 3.42. The number of rotatable bonds is 4. The zero-order valence-electron chi connectivity index (χ0n) is 19.2. The standard InChI is InChI=1S/C27H36O/c1-18-13-21(17-22(14-18)26(4,5)6)19(2)16-25(27(7,8)9)24-12-11-23(28-10)15-20(24)3/h11-17H,2H2,1,3-10H3/b25-16+. The quantitative estimate of drug-likeness (QED) is 0.496. The Balaban J connectivity index is 2.57. The predicted molar refractivity (Wildman–Crippen MR) is 124 cm³/mol. The summed E-state index contributed by atoms with van der Waals surface area (Å²) < 4.78 is 5.39. The number of ether oxygens (including phenoxy) is 1. The molecule has 0 saturated heterocycles. The van der Waals surface area contributed by atoms with Gasteiger partial charge in [0.1, 0.15) is 5.75 Å². The van der Waals surface area contributed by atoms with Gasteiger partial charge in [0.25, 0.3) is 0 Å². The van der Waals surface area contributed by atoms with Crippen LogP contribution in [0, 0.1) is 19.3 Å². The Morgan fingerprint density at radius 2 is 1.57 bits per heavy atom. The number of aryl methyl sites for hydroxylation is 2. The minimum atomic E-state index is -0.00102. The van der Waals surface area contributed by atoms with Crippen LogP contribution in [0.5, 0.6) is 5.75 Å². The highest BCUT2D eigenvalue weighted by Crippen LogP contribution is 2.39. The van der Waals surface area contributed by atoms with Crippen LogP contribution in [0.1, 0.15) is 69.4 Å². The summed E-state index contributed by atoms with van der Waals surface area (Å²) in [5.41, 5.74) is 8.73. The van der Waals surface area contributed by atoms with Crippen LogP contribution < -0.4 is 4.74 Å². The van der Waals surface area contributed by atoms with Gasteiger partial charge >= 0.3 is 0 Å². The van der Waals surface area contributed by atoms with Gasteiger partial charge in [-0.15, -0.1) is 0 Å². The summed E-state index contributed by atoms with van der Waals surface area (Å²) in [4.78, 5) is 0. The first-order chi connectivity index (χ1) is 12.8. The van der Waals surface area contributed by atoms with Crippen molar-refractivity contribution in [2.24, 2.45) is 5.41 Å². The lowest BCUT2D eigenvalue weighted by Gasteiger charge is -2.26. The Labute approximate surface area is 172 Å². The summed E-state index contributed by atoms with van der Waals surface area (Å²) in [6.45, 7) is 22.3. The lowest BCUT2D eigenvalue weighted by atomic mass is 9.78. The molecule has 1 heteroatoms. The Bertz CT molecular complexity index is 899. The Hall–Kier alpha value is -2.28. The molecule has 0 heterocycles. The highest BCUT2D eigenvalue weighted by Gasteiger charge is 2.21. The third kappa shape index (κ3) is 5.16.